The Hall–Kier alpha value is -0.910. The summed E-state index contributed by atoms with van der Waals surface area (Å²) in [6.07, 6.45) is -0.150. The minimum atomic E-state index is -2.47. The first kappa shape index (κ1) is 15.5. The van der Waals surface area contributed by atoms with Gasteiger partial charge in [-0.2, -0.15) is 0 Å². The van der Waals surface area contributed by atoms with Gasteiger partial charge in [-0.25, -0.2) is 8.78 Å². The molecule has 0 radical (unpaired) electrons. The van der Waals surface area contributed by atoms with Crippen LogP contribution in [0.15, 0.2) is 18.2 Å². The predicted molar refractivity (Wildman–Crippen MR) is 76.6 cm³/mol. The van der Waals surface area contributed by atoms with Crippen molar-refractivity contribution < 1.29 is 13.9 Å². The van der Waals surface area contributed by atoms with Gasteiger partial charge in [-0.3, -0.25) is 0 Å². The van der Waals surface area contributed by atoms with E-state index in [0.29, 0.717) is 23.3 Å². The highest BCUT2D eigenvalue weighted by Crippen LogP contribution is 2.31. The van der Waals surface area contributed by atoms with E-state index in [4.69, 9.17) is 16.7 Å². The number of anilines is 1. The van der Waals surface area contributed by atoms with Crippen molar-refractivity contribution >= 4 is 17.3 Å². The van der Waals surface area contributed by atoms with Crippen LogP contribution >= 0.6 is 11.6 Å². The summed E-state index contributed by atoms with van der Waals surface area (Å²) >= 11 is 6.18. The first-order valence-electron chi connectivity index (χ1n) is 6.76. The molecule has 3 nitrogen and oxygen atoms in total. The third-order valence-electron chi connectivity index (χ3n) is 3.27. The molecule has 0 amide bonds. The summed E-state index contributed by atoms with van der Waals surface area (Å²) in [5, 5.41) is 12.9. The number of hydrogen-bond donors (Lipinski definition) is 2. The lowest BCUT2D eigenvalue weighted by atomic mass is 10.1. The molecule has 20 heavy (non-hydrogen) atoms. The Labute approximate surface area is 122 Å². The first-order valence-corrected chi connectivity index (χ1v) is 7.14. The summed E-state index contributed by atoms with van der Waals surface area (Å²) in [5.41, 5.74) is 1.48. The van der Waals surface area contributed by atoms with Crippen LogP contribution in [-0.2, 0) is 6.54 Å². The van der Waals surface area contributed by atoms with E-state index >= 15 is 0 Å². The van der Waals surface area contributed by atoms with Crippen LogP contribution in [0.1, 0.15) is 18.4 Å². The molecule has 0 unspecified atom stereocenters. The maximum absolute atomic E-state index is 12.7. The number of aliphatic hydroxyl groups excluding tert-OH is 1. The lowest BCUT2D eigenvalue weighted by Gasteiger charge is -2.27. The summed E-state index contributed by atoms with van der Waals surface area (Å²) < 4.78 is 25.4. The SMILES string of the molecule is OCCN(CC(F)F)c1c(Cl)cccc1CNC1CC1. The summed E-state index contributed by atoms with van der Waals surface area (Å²) in [6.45, 7) is 0.129. The van der Waals surface area contributed by atoms with Crippen LogP contribution in [0.3, 0.4) is 0 Å². The van der Waals surface area contributed by atoms with Gasteiger partial charge < -0.3 is 15.3 Å². The highest BCUT2D eigenvalue weighted by atomic mass is 35.5. The van der Waals surface area contributed by atoms with Crippen molar-refractivity contribution in [1.29, 1.82) is 0 Å². The number of alkyl halides is 2. The van der Waals surface area contributed by atoms with Crippen LogP contribution in [0.2, 0.25) is 5.02 Å². The zero-order valence-electron chi connectivity index (χ0n) is 11.2. The highest BCUT2D eigenvalue weighted by Gasteiger charge is 2.22. The molecule has 2 rings (SSSR count). The number of hydrogen-bond acceptors (Lipinski definition) is 3. The maximum Gasteiger partial charge on any atom is 0.255 e. The maximum atomic E-state index is 12.7. The van der Waals surface area contributed by atoms with Gasteiger partial charge >= 0.3 is 0 Å². The zero-order valence-corrected chi connectivity index (χ0v) is 11.9. The van der Waals surface area contributed by atoms with Crippen LogP contribution in [-0.4, -0.2) is 37.3 Å². The molecule has 1 fully saturated rings. The number of para-hydroxylation sites is 1. The van der Waals surface area contributed by atoms with Crippen molar-refractivity contribution in [3.05, 3.63) is 28.8 Å². The molecule has 0 aliphatic heterocycles. The molecular formula is C14H19ClF2N2O. The number of benzene rings is 1. The Bertz CT molecular complexity index is 441. The normalized spacial score (nSPS) is 14.8. The molecule has 1 aliphatic carbocycles. The van der Waals surface area contributed by atoms with Crippen LogP contribution in [0.4, 0.5) is 14.5 Å². The van der Waals surface area contributed by atoms with E-state index in [1.54, 1.807) is 6.07 Å². The lowest BCUT2D eigenvalue weighted by Crippen LogP contribution is -2.33. The van der Waals surface area contributed by atoms with Crippen molar-refractivity contribution in [1.82, 2.24) is 5.32 Å². The van der Waals surface area contributed by atoms with Gasteiger partial charge in [-0.15, -0.1) is 0 Å². The molecule has 0 heterocycles. The van der Waals surface area contributed by atoms with Crippen molar-refractivity contribution in [2.75, 3.05) is 24.6 Å². The van der Waals surface area contributed by atoms with Gasteiger partial charge in [-0.1, -0.05) is 23.7 Å². The first-order chi connectivity index (χ1) is 9.61. The average Bonchev–Trinajstić information content (AvgIpc) is 3.19. The molecule has 0 bridgehead atoms. The van der Waals surface area contributed by atoms with E-state index in [1.165, 1.54) is 4.90 Å². The quantitative estimate of drug-likeness (QED) is 0.775. The molecular weight excluding hydrogens is 286 g/mol. The topological polar surface area (TPSA) is 35.5 Å². The largest absolute Gasteiger partial charge is 0.395 e. The molecule has 0 aromatic heterocycles. The summed E-state index contributed by atoms with van der Waals surface area (Å²) in [7, 11) is 0. The van der Waals surface area contributed by atoms with Crippen molar-refractivity contribution in [3.63, 3.8) is 0 Å². The number of nitrogens with zero attached hydrogens (tertiary/aromatic N) is 1. The van der Waals surface area contributed by atoms with E-state index in [9.17, 15) is 8.78 Å². The molecule has 6 heteroatoms. The van der Waals surface area contributed by atoms with Gasteiger partial charge in [0.05, 0.1) is 23.9 Å². The van der Waals surface area contributed by atoms with E-state index in [-0.39, 0.29) is 13.2 Å². The summed E-state index contributed by atoms with van der Waals surface area (Å²) in [6, 6.07) is 5.91. The third-order valence-corrected chi connectivity index (χ3v) is 3.58. The Morgan fingerprint density at radius 3 is 2.75 bits per heavy atom. The van der Waals surface area contributed by atoms with E-state index in [1.807, 2.05) is 12.1 Å². The number of nitrogens with one attached hydrogen (secondary N) is 1. The molecule has 112 valence electrons. The van der Waals surface area contributed by atoms with Gasteiger partial charge in [0, 0.05) is 19.1 Å². The lowest BCUT2D eigenvalue weighted by molar-refractivity contribution is 0.152. The van der Waals surface area contributed by atoms with Gasteiger partial charge in [0.25, 0.3) is 6.43 Å². The van der Waals surface area contributed by atoms with E-state index in [2.05, 4.69) is 5.32 Å². The Morgan fingerprint density at radius 2 is 2.15 bits per heavy atom. The van der Waals surface area contributed by atoms with Crippen LogP contribution < -0.4 is 10.2 Å². The summed E-state index contributed by atoms with van der Waals surface area (Å²) in [5.74, 6) is 0. The van der Waals surface area contributed by atoms with Gasteiger partial charge in [-0.05, 0) is 24.5 Å². The second-order valence-corrected chi connectivity index (χ2v) is 5.37. The fourth-order valence-corrected chi connectivity index (χ4v) is 2.49. The minimum absolute atomic E-state index is 0.143. The Balaban J connectivity index is 2.19. The molecule has 0 spiro atoms. The monoisotopic (exact) mass is 304 g/mol. The van der Waals surface area contributed by atoms with Gasteiger partial charge in [0.2, 0.25) is 0 Å². The fourth-order valence-electron chi connectivity index (χ4n) is 2.18. The van der Waals surface area contributed by atoms with Crippen LogP contribution in [0, 0.1) is 0 Å². The third kappa shape index (κ3) is 4.30. The summed E-state index contributed by atoms with van der Waals surface area (Å²) in [4.78, 5) is 1.46. The molecule has 1 aromatic rings. The fraction of sp³-hybridized carbons (Fsp3) is 0.571. The standard InChI is InChI=1S/C14H19ClF2N2O/c15-12-3-1-2-10(8-18-11-4-5-11)14(12)19(6-7-20)9-13(16)17/h1-3,11,13,18,20H,4-9H2. The Morgan fingerprint density at radius 1 is 1.40 bits per heavy atom. The minimum Gasteiger partial charge on any atom is -0.395 e. The van der Waals surface area contributed by atoms with E-state index in [0.717, 1.165) is 18.4 Å². The molecule has 1 saturated carbocycles. The number of rotatable bonds is 8. The number of aliphatic hydroxyl groups is 1. The molecule has 1 aliphatic rings. The second kappa shape index (κ2) is 7.20. The average molecular weight is 305 g/mol. The second-order valence-electron chi connectivity index (χ2n) is 4.96. The van der Waals surface area contributed by atoms with Crippen LogP contribution in [0.25, 0.3) is 0 Å². The molecule has 0 saturated heterocycles. The zero-order chi connectivity index (χ0) is 14.5. The highest BCUT2D eigenvalue weighted by molar-refractivity contribution is 6.33. The number of halogens is 3. The van der Waals surface area contributed by atoms with Crippen molar-refractivity contribution in [2.45, 2.75) is 31.9 Å². The van der Waals surface area contributed by atoms with Crippen molar-refractivity contribution in [3.8, 4) is 0 Å². The van der Waals surface area contributed by atoms with Crippen molar-refractivity contribution in [2.24, 2.45) is 0 Å². The van der Waals surface area contributed by atoms with Crippen LogP contribution in [0.5, 0.6) is 0 Å². The predicted octanol–water partition coefficient (Wildman–Crippen LogP) is 2.66. The molecule has 2 N–H and O–H groups in total. The van der Waals surface area contributed by atoms with Gasteiger partial charge in [0.15, 0.2) is 0 Å². The Kier molecular flexibility index (Phi) is 5.57. The van der Waals surface area contributed by atoms with E-state index < -0.39 is 13.0 Å². The molecule has 1 aromatic carbocycles. The molecule has 0 atom stereocenters. The van der Waals surface area contributed by atoms with Gasteiger partial charge in [0.1, 0.15) is 0 Å². The smallest absolute Gasteiger partial charge is 0.255 e.